The molecule has 0 bridgehead atoms. The SMILES string of the molecule is O=C(O)C1CC(CO)C1.O=C(O)C1CC(CO)C1.[Li].[Li]. The third-order valence-electron chi connectivity index (χ3n) is 3.69. The monoisotopic (exact) mass is 274 g/mol. The van der Waals surface area contributed by atoms with Gasteiger partial charge >= 0.3 is 11.9 Å². The molecular weight excluding hydrogens is 254 g/mol. The minimum absolute atomic E-state index is 0. The van der Waals surface area contributed by atoms with Gasteiger partial charge in [0.2, 0.25) is 0 Å². The van der Waals surface area contributed by atoms with E-state index in [1.54, 1.807) is 0 Å². The van der Waals surface area contributed by atoms with Gasteiger partial charge in [-0.1, -0.05) is 0 Å². The third kappa shape index (κ3) is 6.67. The molecule has 106 valence electrons. The zero-order valence-corrected chi connectivity index (χ0v) is 12.2. The van der Waals surface area contributed by atoms with Crippen LogP contribution in [0.25, 0.3) is 0 Å². The summed E-state index contributed by atoms with van der Waals surface area (Å²) in [6.07, 6.45) is 2.63. The minimum atomic E-state index is -0.722. The molecule has 0 aromatic heterocycles. The second-order valence-corrected chi connectivity index (χ2v) is 5.11. The van der Waals surface area contributed by atoms with Crippen molar-refractivity contribution in [3.63, 3.8) is 0 Å². The molecule has 0 heterocycles. The average Bonchev–Trinajstić information content (AvgIpc) is 2.14. The van der Waals surface area contributed by atoms with Crippen LogP contribution in [-0.2, 0) is 9.59 Å². The number of carboxylic acid groups (broad SMARTS) is 2. The standard InChI is InChI=1S/2C6H10O3.2Li/c2*7-3-4-1-5(2-4)6(8)9;;/h2*4-5,7H,1-3H2,(H,8,9);;. The first-order valence-electron chi connectivity index (χ1n) is 6.15. The number of rotatable bonds is 4. The fourth-order valence-electron chi connectivity index (χ4n) is 2.17. The second-order valence-electron chi connectivity index (χ2n) is 5.11. The van der Waals surface area contributed by atoms with Crippen molar-refractivity contribution in [2.24, 2.45) is 23.7 Å². The van der Waals surface area contributed by atoms with Crippen molar-refractivity contribution in [1.82, 2.24) is 0 Å². The number of carboxylic acids is 2. The van der Waals surface area contributed by atoms with Gasteiger partial charge in [0.05, 0.1) is 11.8 Å². The van der Waals surface area contributed by atoms with Gasteiger partial charge in [-0.25, -0.2) is 0 Å². The molecule has 0 aromatic carbocycles. The molecular formula is C12H20Li2O6. The summed E-state index contributed by atoms with van der Waals surface area (Å²) in [4.78, 5) is 20.3. The Bertz CT molecular complexity index is 270. The van der Waals surface area contributed by atoms with Gasteiger partial charge in [-0.05, 0) is 37.5 Å². The molecule has 6 nitrogen and oxygen atoms in total. The van der Waals surface area contributed by atoms with Crippen LogP contribution in [0.15, 0.2) is 0 Å². The summed E-state index contributed by atoms with van der Waals surface area (Å²) in [5, 5.41) is 33.7. The molecule has 2 fully saturated rings. The molecule has 2 radical (unpaired) electrons. The quantitative estimate of drug-likeness (QED) is 0.510. The molecule has 2 rings (SSSR count). The Hall–Kier alpha value is 0.0548. The maximum absolute atomic E-state index is 10.2. The maximum Gasteiger partial charge on any atom is 0.306 e. The van der Waals surface area contributed by atoms with E-state index in [4.69, 9.17) is 20.4 Å². The van der Waals surface area contributed by atoms with Crippen molar-refractivity contribution in [3.05, 3.63) is 0 Å². The average molecular weight is 274 g/mol. The van der Waals surface area contributed by atoms with Crippen LogP contribution in [0, 0.1) is 23.7 Å². The smallest absolute Gasteiger partial charge is 0.306 e. The van der Waals surface area contributed by atoms with Crippen molar-refractivity contribution in [2.75, 3.05) is 13.2 Å². The minimum Gasteiger partial charge on any atom is -0.481 e. The first-order valence-corrected chi connectivity index (χ1v) is 6.15. The second kappa shape index (κ2) is 10.7. The number of hydrogen-bond acceptors (Lipinski definition) is 4. The molecule has 20 heavy (non-hydrogen) atoms. The van der Waals surface area contributed by atoms with Gasteiger partial charge in [0.15, 0.2) is 0 Å². The van der Waals surface area contributed by atoms with E-state index in [1.807, 2.05) is 0 Å². The first-order chi connectivity index (χ1) is 8.47. The molecule has 0 saturated heterocycles. The van der Waals surface area contributed by atoms with E-state index < -0.39 is 11.9 Å². The van der Waals surface area contributed by atoms with Crippen LogP contribution in [0.3, 0.4) is 0 Å². The molecule has 2 saturated carbocycles. The summed E-state index contributed by atoms with van der Waals surface area (Å²) in [6, 6.07) is 0. The maximum atomic E-state index is 10.2. The van der Waals surface area contributed by atoms with Crippen LogP contribution in [0.2, 0.25) is 0 Å². The zero-order valence-electron chi connectivity index (χ0n) is 12.2. The molecule has 8 heteroatoms. The third-order valence-corrected chi connectivity index (χ3v) is 3.69. The Morgan fingerprint density at radius 2 is 1.00 bits per heavy atom. The molecule has 0 aromatic rings. The zero-order chi connectivity index (χ0) is 13.7. The Morgan fingerprint density at radius 1 is 0.750 bits per heavy atom. The van der Waals surface area contributed by atoms with Crippen LogP contribution in [0.5, 0.6) is 0 Å². The van der Waals surface area contributed by atoms with Crippen molar-refractivity contribution < 1.29 is 30.0 Å². The molecule has 0 amide bonds. The topological polar surface area (TPSA) is 115 Å². The van der Waals surface area contributed by atoms with E-state index in [2.05, 4.69) is 0 Å². The Balaban J connectivity index is 0. The van der Waals surface area contributed by atoms with Crippen LogP contribution in [0.4, 0.5) is 0 Å². The number of aliphatic carboxylic acids is 2. The number of carbonyl (C=O) groups is 2. The van der Waals surface area contributed by atoms with Crippen molar-refractivity contribution in [3.8, 4) is 0 Å². The van der Waals surface area contributed by atoms with E-state index in [9.17, 15) is 9.59 Å². The van der Waals surface area contributed by atoms with Gasteiger partial charge in [-0.15, -0.1) is 0 Å². The van der Waals surface area contributed by atoms with Crippen LogP contribution in [-0.4, -0.2) is 83.3 Å². The van der Waals surface area contributed by atoms with Crippen LogP contribution < -0.4 is 0 Å². The first kappa shape index (κ1) is 22.3. The van der Waals surface area contributed by atoms with Gasteiger partial charge in [0, 0.05) is 50.9 Å². The summed E-state index contributed by atoms with van der Waals surface area (Å²) in [5.41, 5.74) is 0. The fourth-order valence-corrected chi connectivity index (χ4v) is 2.17. The summed E-state index contributed by atoms with van der Waals surface area (Å²) < 4.78 is 0. The van der Waals surface area contributed by atoms with E-state index in [0.29, 0.717) is 25.7 Å². The number of aliphatic hydroxyl groups is 2. The summed E-state index contributed by atoms with van der Waals surface area (Å²) in [5.74, 6) is -1.29. The molecule has 0 aliphatic heterocycles. The van der Waals surface area contributed by atoms with Crippen LogP contribution in [0.1, 0.15) is 25.7 Å². The molecule has 4 N–H and O–H groups in total. The Morgan fingerprint density at radius 3 is 1.15 bits per heavy atom. The van der Waals surface area contributed by atoms with Crippen LogP contribution >= 0.6 is 0 Å². The van der Waals surface area contributed by atoms with Gasteiger partial charge in [0.25, 0.3) is 0 Å². The normalized spacial score (nSPS) is 30.1. The number of hydrogen-bond donors (Lipinski definition) is 4. The predicted molar refractivity (Wildman–Crippen MR) is 73.4 cm³/mol. The molecule has 0 unspecified atom stereocenters. The summed E-state index contributed by atoms with van der Waals surface area (Å²) in [7, 11) is 0. The van der Waals surface area contributed by atoms with Gasteiger partial charge in [-0.3, -0.25) is 9.59 Å². The van der Waals surface area contributed by atoms with Gasteiger partial charge in [0.1, 0.15) is 0 Å². The Labute approximate surface area is 142 Å². The molecule has 0 spiro atoms. The van der Waals surface area contributed by atoms with Crippen molar-refractivity contribution in [2.45, 2.75) is 25.7 Å². The molecule has 0 atom stereocenters. The van der Waals surface area contributed by atoms with Gasteiger partial charge < -0.3 is 20.4 Å². The molecule has 2 aliphatic rings. The Kier molecular flexibility index (Phi) is 12.0. The van der Waals surface area contributed by atoms with E-state index in [0.717, 1.165) is 0 Å². The predicted octanol–water partition coefficient (Wildman–Crippen LogP) is -0.583. The van der Waals surface area contributed by atoms with Crippen molar-refractivity contribution >= 4 is 49.7 Å². The summed E-state index contributed by atoms with van der Waals surface area (Å²) >= 11 is 0. The van der Waals surface area contributed by atoms with E-state index in [-0.39, 0.29) is 74.6 Å². The van der Waals surface area contributed by atoms with Gasteiger partial charge in [-0.2, -0.15) is 0 Å². The summed E-state index contributed by atoms with van der Waals surface area (Å²) in [6.45, 7) is 0.285. The van der Waals surface area contributed by atoms with E-state index in [1.165, 1.54) is 0 Å². The van der Waals surface area contributed by atoms with E-state index >= 15 is 0 Å². The largest absolute Gasteiger partial charge is 0.481 e. The fraction of sp³-hybridized carbons (Fsp3) is 0.833. The van der Waals surface area contributed by atoms with Crippen molar-refractivity contribution in [1.29, 1.82) is 0 Å². The number of aliphatic hydroxyl groups excluding tert-OH is 2. The molecule has 2 aliphatic carbocycles.